The molecule has 0 spiro atoms. The summed E-state index contributed by atoms with van der Waals surface area (Å²) in [5.74, 6) is -0.511. The van der Waals surface area contributed by atoms with E-state index in [0.29, 0.717) is 5.56 Å². The Morgan fingerprint density at radius 3 is 2.53 bits per heavy atom. The average Bonchev–Trinajstić information content (AvgIpc) is 2.33. The summed E-state index contributed by atoms with van der Waals surface area (Å²) in [5.41, 5.74) is 6.43. The number of hydrogen-bond acceptors (Lipinski definition) is 2. The van der Waals surface area contributed by atoms with Crippen molar-refractivity contribution in [1.82, 2.24) is 5.32 Å². The van der Waals surface area contributed by atoms with Gasteiger partial charge in [-0.3, -0.25) is 4.79 Å². The van der Waals surface area contributed by atoms with Gasteiger partial charge < -0.3 is 11.1 Å². The molecule has 0 aromatic heterocycles. The Labute approximate surface area is 100 Å². The van der Waals surface area contributed by atoms with Gasteiger partial charge in [-0.15, -0.1) is 0 Å². The predicted molar refractivity (Wildman–Crippen MR) is 64.1 cm³/mol. The first kappa shape index (κ1) is 12.0. The van der Waals surface area contributed by atoms with Gasteiger partial charge in [0.25, 0.3) is 5.91 Å². The number of benzene rings is 1. The summed E-state index contributed by atoms with van der Waals surface area (Å²) < 4.78 is 12.7. The smallest absolute Gasteiger partial charge is 0.251 e. The SMILES string of the molecule is N[C@H]1CCCC[C@@H]1NC(=O)c1ccc(F)cc1. The van der Waals surface area contributed by atoms with Crippen molar-refractivity contribution >= 4 is 5.91 Å². The van der Waals surface area contributed by atoms with Crippen LogP contribution in [0.3, 0.4) is 0 Å². The third-order valence-corrected chi connectivity index (χ3v) is 3.24. The maximum absolute atomic E-state index is 12.7. The minimum atomic E-state index is -0.337. The fraction of sp³-hybridized carbons (Fsp3) is 0.462. The number of carbonyl (C=O) groups is 1. The molecule has 0 bridgehead atoms. The van der Waals surface area contributed by atoms with Gasteiger partial charge >= 0.3 is 0 Å². The molecule has 0 radical (unpaired) electrons. The van der Waals surface area contributed by atoms with Crippen LogP contribution in [-0.2, 0) is 0 Å². The van der Waals surface area contributed by atoms with E-state index in [2.05, 4.69) is 5.32 Å². The van der Waals surface area contributed by atoms with Crippen LogP contribution in [0.15, 0.2) is 24.3 Å². The Morgan fingerprint density at radius 2 is 1.88 bits per heavy atom. The van der Waals surface area contributed by atoms with E-state index in [9.17, 15) is 9.18 Å². The Morgan fingerprint density at radius 1 is 1.24 bits per heavy atom. The summed E-state index contributed by atoms with van der Waals surface area (Å²) in [7, 11) is 0. The molecule has 4 heteroatoms. The summed E-state index contributed by atoms with van der Waals surface area (Å²) >= 11 is 0. The Bertz CT molecular complexity index is 391. The van der Waals surface area contributed by atoms with E-state index < -0.39 is 0 Å². The van der Waals surface area contributed by atoms with Crippen LogP contribution in [0.4, 0.5) is 4.39 Å². The molecule has 0 unspecified atom stereocenters. The van der Waals surface area contributed by atoms with Crippen LogP contribution in [0.1, 0.15) is 36.0 Å². The van der Waals surface area contributed by atoms with Gasteiger partial charge in [-0.25, -0.2) is 4.39 Å². The van der Waals surface area contributed by atoms with Gasteiger partial charge in [0.1, 0.15) is 5.82 Å². The first-order valence-corrected chi connectivity index (χ1v) is 5.99. The lowest BCUT2D eigenvalue weighted by atomic mass is 9.91. The molecule has 3 N–H and O–H groups in total. The van der Waals surface area contributed by atoms with Crippen LogP contribution < -0.4 is 11.1 Å². The predicted octanol–water partition coefficient (Wildman–Crippen LogP) is 1.83. The normalized spacial score (nSPS) is 24.4. The molecule has 2 rings (SSSR count). The molecule has 92 valence electrons. The Balaban J connectivity index is 1.98. The van der Waals surface area contributed by atoms with Crippen molar-refractivity contribution in [2.45, 2.75) is 37.8 Å². The van der Waals surface area contributed by atoms with Crippen molar-refractivity contribution in [1.29, 1.82) is 0 Å². The summed E-state index contributed by atoms with van der Waals surface area (Å²) in [6.45, 7) is 0. The van der Waals surface area contributed by atoms with Crippen molar-refractivity contribution in [3.8, 4) is 0 Å². The van der Waals surface area contributed by atoms with E-state index in [1.807, 2.05) is 0 Å². The molecule has 1 aromatic carbocycles. The number of nitrogens with two attached hydrogens (primary N) is 1. The van der Waals surface area contributed by atoms with Crippen molar-refractivity contribution in [3.05, 3.63) is 35.6 Å². The highest BCUT2D eigenvalue weighted by molar-refractivity contribution is 5.94. The number of carbonyl (C=O) groups excluding carboxylic acids is 1. The maximum atomic E-state index is 12.7. The number of nitrogens with one attached hydrogen (secondary N) is 1. The summed E-state index contributed by atoms with van der Waals surface area (Å²) in [6, 6.07) is 5.62. The molecule has 2 atom stereocenters. The number of hydrogen-bond donors (Lipinski definition) is 2. The van der Waals surface area contributed by atoms with E-state index >= 15 is 0 Å². The highest BCUT2D eigenvalue weighted by atomic mass is 19.1. The van der Waals surface area contributed by atoms with Crippen LogP contribution >= 0.6 is 0 Å². The minimum Gasteiger partial charge on any atom is -0.348 e. The first-order chi connectivity index (χ1) is 8.16. The highest BCUT2D eigenvalue weighted by Gasteiger charge is 2.23. The molecule has 1 saturated carbocycles. The van der Waals surface area contributed by atoms with Gasteiger partial charge in [-0.1, -0.05) is 12.8 Å². The van der Waals surface area contributed by atoms with E-state index in [0.717, 1.165) is 25.7 Å². The van der Waals surface area contributed by atoms with Gasteiger partial charge in [-0.05, 0) is 37.1 Å². The third-order valence-electron chi connectivity index (χ3n) is 3.24. The molecular weight excluding hydrogens is 219 g/mol. The van der Waals surface area contributed by atoms with Gasteiger partial charge in [0.2, 0.25) is 0 Å². The number of halogens is 1. The molecule has 1 amide bonds. The lowest BCUT2D eigenvalue weighted by Gasteiger charge is -2.29. The van der Waals surface area contributed by atoms with Gasteiger partial charge in [0, 0.05) is 17.6 Å². The van der Waals surface area contributed by atoms with Crippen molar-refractivity contribution in [3.63, 3.8) is 0 Å². The lowest BCUT2D eigenvalue weighted by Crippen LogP contribution is -2.49. The third kappa shape index (κ3) is 3.03. The van der Waals surface area contributed by atoms with E-state index in [4.69, 9.17) is 5.73 Å². The Kier molecular flexibility index (Phi) is 3.74. The first-order valence-electron chi connectivity index (χ1n) is 5.99. The molecule has 1 aliphatic rings. The largest absolute Gasteiger partial charge is 0.348 e. The minimum absolute atomic E-state index is 0.0353. The molecule has 0 saturated heterocycles. The fourth-order valence-corrected chi connectivity index (χ4v) is 2.19. The number of amides is 1. The second-order valence-electron chi connectivity index (χ2n) is 4.54. The van der Waals surface area contributed by atoms with Crippen LogP contribution in [0.25, 0.3) is 0 Å². The summed E-state index contributed by atoms with van der Waals surface area (Å²) in [6.07, 6.45) is 4.11. The van der Waals surface area contributed by atoms with Gasteiger partial charge in [-0.2, -0.15) is 0 Å². The second-order valence-corrected chi connectivity index (χ2v) is 4.54. The highest BCUT2D eigenvalue weighted by Crippen LogP contribution is 2.17. The standard InChI is InChI=1S/C13H17FN2O/c14-10-7-5-9(6-8-10)13(17)16-12-4-2-1-3-11(12)15/h5-8,11-12H,1-4,15H2,(H,16,17)/t11-,12-/m0/s1. The maximum Gasteiger partial charge on any atom is 0.251 e. The average molecular weight is 236 g/mol. The molecule has 1 fully saturated rings. The molecule has 0 aliphatic heterocycles. The van der Waals surface area contributed by atoms with Crippen molar-refractivity contribution < 1.29 is 9.18 Å². The molecule has 0 heterocycles. The van der Waals surface area contributed by atoms with Crippen LogP contribution in [0.2, 0.25) is 0 Å². The Hall–Kier alpha value is -1.42. The zero-order valence-corrected chi connectivity index (χ0v) is 9.66. The second kappa shape index (κ2) is 5.27. The molecule has 3 nitrogen and oxygen atoms in total. The van der Waals surface area contributed by atoms with E-state index in [1.54, 1.807) is 0 Å². The zero-order chi connectivity index (χ0) is 12.3. The monoisotopic (exact) mass is 236 g/mol. The zero-order valence-electron chi connectivity index (χ0n) is 9.66. The lowest BCUT2D eigenvalue weighted by molar-refractivity contribution is 0.0921. The van der Waals surface area contributed by atoms with Gasteiger partial charge in [0.05, 0.1) is 0 Å². The summed E-state index contributed by atoms with van der Waals surface area (Å²) in [4.78, 5) is 11.9. The summed E-state index contributed by atoms with van der Waals surface area (Å²) in [5, 5.41) is 2.92. The van der Waals surface area contributed by atoms with Crippen LogP contribution in [-0.4, -0.2) is 18.0 Å². The molecule has 1 aliphatic carbocycles. The van der Waals surface area contributed by atoms with Crippen LogP contribution in [0.5, 0.6) is 0 Å². The van der Waals surface area contributed by atoms with Crippen molar-refractivity contribution in [2.75, 3.05) is 0 Å². The van der Waals surface area contributed by atoms with Crippen molar-refractivity contribution in [2.24, 2.45) is 5.73 Å². The van der Waals surface area contributed by atoms with E-state index in [1.165, 1.54) is 24.3 Å². The van der Waals surface area contributed by atoms with Gasteiger partial charge in [0.15, 0.2) is 0 Å². The van der Waals surface area contributed by atoms with Crippen LogP contribution in [0, 0.1) is 5.82 Å². The molecule has 1 aromatic rings. The number of rotatable bonds is 2. The van der Waals surface area contributed by atoms with E-state index in [-0.39, 0.29) is 23.8 Å². The topological polar surface area (TPSA) is 55.1 Å². The quantitative estimate of drug-likeness (QED) is 0.823. The fourth-order valence-electron chi connectivity index (χ4n) is 2.19. The molecule has 17 heavy (non-hydrogen) atoms. The molecular formula is C13H17FN2O.